The zero-order valence-electron chi connectivity index (χ0n) is 10.4. The molecule has 2 aromatic carbocycles. The molecule has 0 amide bonds. The highest BCUT2D eigenvalue weighted by Crippen LogP contribution is 2.28. The monoisotopic (exact) mass is 269 g/mol. The molecule has 0 spiro atoms. The van der Waals surface area contributed by atoms with Crippen molar-refractivity contribution in [3.8, 4) is 11.3 Å². The summed E-state index contributed by atoms with van der Waals surface area (Å²) in [5, 5.41) is 1.57. The van der Waals surface area contributed by atoms with Gasteiger partial charge in [0.1, 0.15) is 0 Å². The number of anilines is 1. The van der Waals surface area contributed by atoms with E-state index in [1.807, 2.05) is 43.3 Å². The number of benzene rings is 2. The highest BCUT2D eigenvalue weighted by molar-refractivity contribution is 6.31. The standard InChI is InChI=1S/C15H12ClN3/c1-9-2-4-10(5-3-9)14-12-8-11(16)6-7-13(12)18-15(17)19-14/h2-8H,1H3,(H2,17,18,19). The first-order chi connectivity index (χ1) is 9.13. The number of hydrogen-bond acceptors (Lipinski definition) is 3. The zero-order chi connectivity index (χ0) is 13.4. The fourth-order valence-corrected chi connectivity index (χ4v) is 2.22. The first-order valence-electron chi connectivity index (χ1n) is 5.93. The minimum absolute atomic E-state index is 0.269. The Bertz CT molecular complexity index is 751. The number of fused-ring (bicyclic) bond motifs is 1. The van der Waals surface area contributed by atoms with Gasteiger partial charge in [0.25, 0.3) is 0 Å². The average Bonchev–Trinajstić information content (AvgIpc) is 2.39. The number of nitrogen functional groups attached to an aromatic ring is 1. The first-order valence-corrected chi connectivity index (χ1v) is 6.31. The molecular weight excluding hydrogens is 258 g/mol. The molecular formula is C15H12ClN3. The van der Waals surface area contributed by atoms with Crippen LogP contribution in [0.4, 0.5) is 5.95 Å². The molecule has 2 N–H and O–H groups in total. The molecule has 4 heteroatoms. The topological polar surface area (TPSA) is 51.8 Å². The Balaban J connectivity index is 2.32. The maximum Gasteiger partial charge on any atom is 0.221 e. The SMILES string of the molecule is Cc1ccc(-c2nc(N)nc3ccc(Cl)cc23)cc1. The van der Waals surface area contributed by atoms with Crippen molar-refractivity contribution in [2.45, 2.75) is 6.92 Å². The van der Waals surface area contributed by atoms with Gasteiger partial charge in [0.15, 0.2) is 0 Å². The van der Waals surface area contributed by atoms with Crippen LogP contribution in [0.15, 0.2) is 42.5 Å². The average molecular weight is 270 g/mol. The smallest absolute Gasteiger partial charge is 0.221 e. The lowest BCUT2D eigenvalue weighted by atomic mass is 10.1. The molecule has 0 radical (unpaired) electrons. The molecule has 0 aliphatic rings. The van der Waals surface area contributed by atoms with Gasteiger partial charge in [-0.15, -0.1) is 0 Å². The number of aryl methyl sites for hydroxylation is 1. The Kier molecular flexibility index (Phi) is 2.84. The Labute approximate surface area is 116 Å². The molecule has 0 unspecified atom stereocenters. The van der Waals surface area contributed by atoms with E-state index in [0.717, 1.165) is 22.2 Å². The van der Waals surface area contributed by atoms with Crippen molar-refractivity contribution >= 4 is 28.5 Å². The van der Waals surface area contributed by atoms with E-state index < -0.39 is 0 Å². The van der Waals surface area contributed by atoms with Gasteiger partial charge in [0.05, 0.1) is 11.2 Å². The van der Waals surface area contributed by atoms with E-state index >= 15 is 0 Å². The van der Waals surface area contributed by atoms with E-state index in [-0.39, 0.29) is 5.95 Å². The van der Waals surface area contributed by atoms with Crippen LogP contribution in [0.3, 0.4) is 0 Å². The summed E-state index contributed by atoms with van der Waals surface area (Å²) in [6, 6.07) is 13.7. The molecule has 3 rings (SSSR count). The second-order valence-electron chi connectivity index (χ2n) is 4.46. The van der Waals surface area contributed by atoms with Gasteiger partial charge in [0, 0.05) is 16.0 Å². The molecule has 94 valence electrons. The van der Waals surface area contributed by atoms with E-state index in [9.17, 15) is 0 Å². The summed E-state index contributed by atoms with van der Waals surface area (Å²) >= 11 is 6.06. The summed E-state index contributed by atoms with van der Waals surface area (Å²) in [7, 11) is 0. The lowest BCUT2D eigenvalue weighted by Crippen LogP contribution is -1.98. The maximum atomic E-state index is 6.06. The summed E-state index contributed by atoms with van der Waals surface area (Å²) in [6.45, 7) is 2.05. The summed E-state index contributed by atoms with van der Waals surface area (Å²) in [4.78, 5) is 8.58. The highest BCUT2D eigenvalue weighted by atomic mass is 35.5. The predicted molar refractivity (Wildman–Crippen MR) is 79.1 cm³/mol. The van der Waals surface area contributed by atoms with Gasteiger partial charge in [-0.25, -0.2) is 9.97 Å². The number of nitrogens with zero attached hydrogens (tertiary/aromatic N) is 2. The third-order valence-electron chi connectivity index (χ3n) is 3.00. The summed E-state index contributed by atoms with van der Waals surface area (Å²) in [5.74, 6) is 0.269. The summed E-state index contributed by atoms with van der Waals surface area (Å²) in [6.07, 6.45) is 0. The molecule has 1 aromatic heterocycles. The fourth-order valence-electron chi connectivity index (χ4n) is 2.05. The predicted octanol–water partition coefficient (Wildman–Crippen LogP) is 3.84. The van der Waals surface area contributed by atoms with E-state index in [4.69, 9.17) is 17.3 Å². The molecule has 0 saturated heterocycles. The first kappa shape index (κ1) is 11.9. The van der Waals surface area contributed by atoms with Crippen molar-refractivity contribution in [3.05, 3.63) is 53.1 Å². The van der Waals surface area contributed by atoms with Crippen LogP contribution in [0.1, 0.15) is 5.56 Å². The van der Waals surface area contributed by atoms with Gasteiger partial charge in [-0.05, 0) is 25.1 Å². The van der Waals surface area contributed by atoms with Gasteiger partial charge < -0.3 is 5.73 Å². The van der Waals surface area contributed by atoms with Gasteiger partial charge >= 0.3 is 0 Å². The number of halogens is 1. The van der Waals surface area contributed by atoms with E-state index in [1.54, 1.807) is 6.07 Å². The van der Waals surface area contributed by atoms with Crippen molar-refractivity contribution in [1.82, 2.24) is 9.97 Å². The number of hydrogen-bond donors (Lipinski definition) is 1. The molecule has 0 aliphatic heterocycles. The molecule has 3 aromatic rings. The van der Waals surface area contributed by atoms with Crippen molar-refractivity contribution in [2.75, 3.05) is 5.73 Å². The molecule has 0 atom stereocenters. The van der Waals surface area contributed by atoms with Crippen LogP contribution >= 0.6 is 11.6 Å². The Morgan fingerprint density at radius 2 is 1.74 bits per heavy atom. The van der Waals surface area contributed by atoms with Crippen LogP contribution in [-0.4, -0.2) is 9.97 Å². The van der Waals surface area contributed by atoms with Gasteiger partial charge in [-0.3, -0.25) is 0 Å². The number of rotatable bonds is 1. The second kappa shape index (κ2) is 4.52. The highest BCUT2D eigenvalue weighted by Gasteiger charge is 2.09. The molecule has 0 saturated carbocycles. The second-order valence-corrected chi connectivity index (χ2v) is 4.89. The van der Waals surface area contributed by atoms with Crippen molar-refractivity contribution in [1.29, 1.82) is 0 Å². The van der Waals surface area contributed by atoms with Crippen LogP contribution in [-0.2, 0) is 0 Å². The largest absolute Gasteiger partial charge is 0.368 e. The Morgan fingerprint density at radius 1 is 1.00 bits per heavy atom. The third kappa shape index (κ3) is 2.25. The molecule has 0 aliphatic carbocycles. The minimum Gasteiger partial charge on any atom is -0.368 e. The van der Waals surface area contributed by atoms with Crippen LogP contribution in [0.25, 0.3) is 22.2 Å². The lowest BCUT2D eigenvalue weighted by Gasteiger charge is -2.07. The van der Waals surface area contributed by atoms with Crippen LogP contribution in [0, 0.1) is 6.92 Å². The van der Waals surface area contributed by atoms with Gasteiger partial charge in [-0.2, -0.15) is 0 Å². The summed E-state index contributed by atoms with van der Waals surface area (Å²) < 4.78 is 0. The van der Waals surface area contributed by atoms with E-state index in [2.05, 4.69) is 9.97 Å². The number of nitrogens with two attached hydrogens (primary N) is 1. The van der Waals surface area contributed by atoms with Gasteiger partial charge in [0.2, 0.25) is 5.95 Å². The zero-order valence-corrected chi connectivity index (χ0v) is 11.1. The molecule has 3 nitrogen and oxygen atoms in total. The van der Waals surface area contributed by atoms with Crippen molar-refractivity contribution in [3.63, 3.8) is 0 Å². The van der Waals surface area contributed by atoms with Crippen molar-refractivity contribution in [2.24, 2.45) is 0 Å². The minimum atomic E-state index is 0.269. The number of aromatic nitrogens is 2. The quantitative estimate of drug-likeness (QED) is 0.730. The maximum absolute atomic E-state index is 6.06. The molecule has 0 fully saturated rings. The molecule has 1 heterocycles. The van der Waals surface area contributed by atoms with Crippen LogP contribution in [0.2, 0.25) is 5.02 Å². The van der Waals surface area contributed by atoms with Crippen LogP contribution in [0.5, 0.6) is 0 Å². The van der Waals surface area contributed by atoms with Crippen molar-refractivity contribution < 1.29 is 0 Å². The Morgan fingerprint density at radius 3 is 2.47 bits per heavy atom. The van der Waals surface area contributed by atoms with E-state index in [0.29, 0.717) is 5.02 Å². The fraction of sp³-hybridized carbons (Fsp3) is 0.0667. The normalized spacial score (nSPS) is 10.8. The van der Waals surface area contributed by atoms with Crippen LogP contribution < -0.4 is 5.73 Å². The summed E-state index contributed by atoms with van der Waals surface area (Å²) in [5.41, 5.74) is 9.59. The molecule has 19 heavy (non-hydrogen) atoms. The Hall–Kier alpha value is -2.13. The van der Waals surface area contributed by atoms with E-state index in [1.165, 1.54) is 5.56 Å². The van der Waals surface area contributed by atoms with Gasteiger partial charge in [-0.1, -0.05) is 41.4 Å². The molecule has 0 bridgehead atoms. The third-order valence-corrected chi connectivity index (χ3v) is 3.24. The lowest BCUT2D eigenvalue weighted by molar-refractivity contribution is 1.24.